The van der Waals surface area contributed by atoms with Crippen LogP contribution < -0.4 is 5.32 Å². The highest BCUT2D eigenvalue weighted by Crippen LogP contribution is 2.18. The largest absolute Gasteiger partial charge is 0.306 e. The zero-order chi connectivity index (χ0) is 15.2. The first-order chi connectivity index (χ1) is 10.1. The van der Waals surface area contributed by atoms with Crippen molar-refractivity contribution in [2.45, 2.75) is 19.5 Å². The summed E-state index contributed by atoms with van der Waals surface area (Å²) < 4.78 is 0. The van der Waals surface area contributed by atoms with Crippen molar-refractivity contribution in [1.82, 2.24) is 5.32 Å². The molecule has 5 nitrogen and oxygen atoms in total. The fourth-order valence-corrected chi connectivity index (χ4v) is 2.02. The number of hydrogen-bond acceptors (Lipinski definition) is 4. The van der Waals surface area contributed by atoms with Crippen molar-refractivity contribution in [2.75, 3.05) is 0 Å². The molecular formula is C16H15N3O2. The molecule has 2 rings (SSSR count). The molecule has 2 aromatic rings. The topological polar surface area (TPSA) is 79.0 Å². The monoisotopic (exact) mass is 281 g/mol. The van der Waals surface area contributed by atoms with Gasteiger partial charge in [-0.1, -0.05) is 24.3 Å². The molecule has 21 heavy (non-hydrogen) atoms. The second-order valence-electron chi connectivity index (χ2n) is 4.76. The van der Waals surface area contributed by atoms with Gasteiger partial charge in [0.25, 0.3) is 5.69 Å². The minimum atomic E-state index is -0.407. The van der Waals surface area contributed by atoms with Crippen LogP contribution in [0.25, 0.3) is 0 Å². The van der Waals surface area contributed by atoms with Crippen molar-refractivity contribution in [3.63, 3.8) is 0 Å². The molecule has 0 aliphatic rings. The maximum Gasteiger partial charge on any atom is 0.269 e. The van der Waals surface area contributed by atoms with Crippen molar-refractivity contribution in [1.29, 1.82) is 5.26 Å². The molecule has 0 aliphatic carbocycles. The van der Waals surface area contributed by atoms with E-state index in [1.165, 1.54) is 12.1 Å². The molecular weight excluding hydrogens is 266 g/mol. The predicted molar refractivity (Wildman–Crippen MR) is 79.5 cm³/mol. The zero-order valence-corrected chi connectivity index (χ0v) is 11.6. The lowest BCUT2D eigenvalue weighted by molar-refractivity contribution is -0.384. The van der Waals surface area contributed by atoms with Crippen molar-refractivity contribution in [3.05, 3.63) is 75.3 Å². The fourth-order valence-electron chi connectivity index (χ4n) is 2.02. The van der Waals surface area contributed by atoms with E-state index in [1.807, 2.05) is 25.1 Å². The van der Waals surface area contributed by atoms with Gasteiger partial charge in [-0.25, -0.2) is 0 Å². The molecule has 0 amide bonds. The van der Waals surface area contributed by atoms with E-state index in [9.17, 15) is 10.1 Å². The third kappa shape index (κ3) is 3.88. The number of nitro groups is 1. The highest BCUT2D eigenvalue weighted by molar-refractivity contribution is 5.35. The molecule has 0 aliphatic heterocycles. The van der Waals surface area contributed by atoms with E-state index < -0.39 is 4.92 Å². The molecule has 0 aromatic heterocycles. The minimum Gasteiger partial charge on any atom is -0.306 e. The summed E-state index contributed by atoms with van der Waals surface area (Å²) >= 11 is 0. The Morgan fingerprint density at radius 2 is 2.00 bits per heavy atom. The Kier molecular flexibility index (Phi) is 4.64. The van der Waals surface area contributed by atoms with Gasteiger partial charge in [0.05, 0.1) is 16.6 Å². The first-order valence-electron chi connectivity index (χ1n) is 6.57. The predicted octanol–water partition coefficient (Wildman–Crippen LogP) is 3.32. The summed E-state index contributed by atoms with van der Waals surface area (Å²) in [6, 6.07) is 16.1. The van der Waals surface area contributed by atoms with Gasteiger partial charge in [-0.3, -0.25) is 10.1 Å². The molecule has 0 saturated carbocycles. The van der Waals surface area contributed by atoms with Gasteiger partial charge in [-0.15, -0.1) is 0 Å². The Balaban J connectivity index is 1.99. The molecule has 106 valence electrons. The van der Waals surface area contributed by atoms with Crippen LogP contribution >= 0.6 is 0 Å². The maximum atomic E-state index is 10.6. The average molecular weight is 281 g/mol. The zero-order valence-electron chi connectivity index (χ0n) is 11.6. The molecule has 0 saturated heterocycles. The van der Waals surface area contributed by atoms with Crippen LogP contribution in [0.3, 0.4) is 0 Å². The number of nitrogens with zero attached hydrogens (tertiary/aromatic N) is 2. The van der Waals surface area contributed by atoms with Crippen LogP contribution in [0.15, 0.2) is 48.5 Å². The van der Waals surface area contributed by atoms with Crippen molar-refractivity contribution in [2.24, 2.45) is 0 Å². The fraction of sp³-hybridized carbons (Fsp3) is 0.188. The number of benzene rings is 2. The third-order valence-corrected chi connectivity index (χ3v) is 3.27. The van der Waals surface area contributed by atoms with Gasteiger partial charge >= 0.3 is 0 Å². The third-order valence-electron chi connectivity index (χ3n) is 3.27. The summed E-state index contributed by atoms with van der Waals surface area (Å²) in [5.41, 5.74) is 2.74. The van der Waals surface area contributed by atoms with Crippen LogP contribution in [-0.2, 0) is 6.54 Å². The smallest absolute Gasteiger partial charge is 0.269 e. The number of nitriles is 1. The van der Waals surface area contributed by atoms with E-state index in [0.717, 1.165) is 11.1 Å². The second-order valence-corrected chi connectivity index (χ2v) is 4.76. The summed E-state index contributed by atoms with van der Waals surface area (Å²) in [4.78, 5) is 10.2. The Bertz CT molecular complexity index is 675. The molecule has 0 radical (unpaired) electrons. The van der Waals surface area contributed by atoms with E-state index >= 15 is 0 Å². The molecule has 1 unspecified atom stereocenters. The van der Waals surface area contributed by atoms with Gasteiger partial charge in [-0.2, -0.15) is 5.26 Å². The van der Waals surface area contributed by atoms with Gasteiger partial charge in [0.1, 0.15) is 0 Å². The highest BCUT2D eigenvalue weighted by Gasteiger charge is 2.08. The Labute approximate surface area is 123 Å². The molecule has 2 aromatic carbocycles. The lowest BCUT2D eigenvalue weighted by Gasteiger charge is -2.14. The van der Waals surface area contributed by atoms with E-state index in [1.54, 1.807) is 18.2 Å². The number of non-ortho nitro benzene ring substituents is 1. The Morgan fingerprint density at radius 3 is 2.62 bits per heavy atom. The molecule has 1 atom stereocenters. The van der Waals surface area contributed by atoms with Crippen molar-refractivity contribution >= 4 is 5.69 Å². The number of nitro benzene ring substituents is 1. The maximum absolute atomic E-state index is 10.6. The SMILES string of the molecule is CC(NCc1cccc(C#N)c1)c1ccc([N+](=O)[O-])cc1. The second kappa shape index (κ2) is 6.64. The molecule has 0 fully saturated rings. The van der Waals surface area contributed by atoms with Gasteiger partial charge in [0, 0.05) is 24.7 Å². The summed E-state index contributed by atoms with van der Waals surface area (Å²) in [6.07, 6.45) is 0. The summed E-state index contributed by atoms with van der Waals surface area (Å²) in [6.45, 7) is 2.63. The van der Waals surface area contributed by atoms with Gasteiger partial charge in [0.2, 0.25) is 0 Å². The van der Waals surface area contributed by atoms with E-state index in [-0.39, 0.29) is 11.7 Å². The Hall–Kier alpha value is -2.71. The van der Waals surface area contributed by atoms with Crippen LogP contribution in [0.2, 0.25) is 0 Å². The molecule has 0 bridgehead atoms. The summed E-state index contributed by atoms with van der Waals surface area (Å²) in [7, 11) is 0. The lowest BCUT2D eigenvalue weighted by atomic mass is 10.1. The molecule has 0 heterocycles. The van der Waals surface area contributed by atoms with Gasteiger partial charge in [0.15, 0.2) is 0 Å². The number of nitrogens with one attached hydrogen (secondary N) is 1. The van der Waals surface area contributed by atoms with Crippen LogP contribution in [0.4, 0.5) is 5.69 Å². The molecule has 5 heteroatoms. The normalized spacial score (nSPS) is 11.6. The van der Waals surface area contributed by atoms with E-state index in [4.69, 9.17) is 5.26 Å². The van der Waals surface area contributed by atoms with Crippen molar-refractivity contribution in [3.8, 4) is 6.07 Å². The molecule has 0 spiro atoms. The summed E-state index contributed by atoms with van der Waals surface area (Å²) in [5.74, 6) is 0. The van der Waals surface area contributed by atoms with Gasteiger partial charge in [-0.05, 0) is 30.2 Å². The lowest BCUT2D eigenvalue weighted by Crippen LogP contribution is -2.18. The highest BCUT2D eigenvalue weighted by atomic mass is 16.6. The first kappa shape index (κ1) is 14.7. The standard InChI is InChI=1S/C16H15N3O2/c1-12(15-5-7-16(8-6-15)19(20)21)18-11-14-4-2-3-13(9-14)10-17/h2-9,12,18H,11H2,1H3. The number of rotatable bonds is 5. The van der Waals surface area contributed by atoms with Crippen LogP contribution in [0.5, 0.6) is 0 Å². The quantitative estimate of drug-likeness (QED) is 0.673. The van der Waals surface area contributed by atoms with Crippen molar-refractivity contribution < 1.29 is 4.92 Å². The minimum absolute atomic E-state index is 0.0662. The van der Waals surface area contributed by atoms with Gasteiger partial charge < -0.3 is 5.32 Å². The van der Waals surface area contributed by atoms with Crippen LogP contribution in [0.1, 0.15) is 29.7 Å². The number of hydrogen-bond donors (Lipinski definition) is 1. The Morgan fingerprint density at radius 1 is 1.29 bits per heavy atom. The van der Waals surface area contributed by atoms with Crippen LogP contribution in [0, 0.1) is 21.4 Å². The first-order valence-corrected chi connectivity index (χ1v) is 6.57. The van der Waals surface area contributed by atoms with E-state index in [2.05, 4.69) is 11.4 Å². The average Bonchev–Trinajstić information content (AvgIpc) is 2.53. The summed E-state index contributed by atoms with van der Waals surface area (Å²) in [5, 5.41) is 22.8. The van der Waals surface area contributed by atoms with Crippen LogP contribution in [-0.4, -0.2) is 4.92 Å². The van der Waals surface area contributed by atoms with E-state index in [0.29, 0.717) is 12.1 Å². The molecule has 1 N–H and O–H groups in total.